The molecule has 0 spiro atoms. The van der Waals surface area contributed by atoms with E-state index in [2.05, 4.69) is 11.9 Å². The van der Waals surface area contributed by atoms with E-state index in [1.165, 1.54) is 0 Å². The Bertz CT molecular complexity index is 1050. The number of aliphatic carboxylic acids is 1. The number of thiophene rings is 1. The highest BCUT2D eigenvalue weighted by atomic mass is 32.1. The molecule has 0 bridgehead atoms. The van der Waals surface area contributed by atoms with Crippen LogP contribution in [0.2, 0.25) is 0 Å². The maximum Gasteiger partial charge on any atom is 0.335 e. The van der Waals surface area contributed by atoms with Crippen molar-refractivity contribution in [2.75, 3.05) is 0 Å². The van der Waals surface area contributed by atoms with Crippen molar-refractivity contribution in [1.29, 1.82) is 0 Å². The third-order valence-electron chi connectivity index (χ3n) is 5.08. The molecule has 31 heavy (non-hydrogen) atoms. The number of unbranched alkanes of at least 4 members (excludes halogenated alkanes) is 1. The first-order chi connectivity index (χ1) is 15.0. The number of aryl methyl sites for hydroxylation is 2. The standard InChI is InChI=1S/C24H26N2O4S/c1-2-3-6-22-25-15-20(14-19(24(29)30)11-12-21-5-4-13-31-21)26(22)16-17-7-9-18(10-8-17)23(27)28/h4-5,7-10,13-15H,2-3,6,11-12,16H2,1H3,(H,27,28)(H,29,30). The van der Waals surface area contributed by atoms with Gasteiger partial charge in [-0.15, -0.1) is 11.3 Å². The molecule has 0 fully saturated rings. The van der Waals surface area contributed by atoms with E-state index in [4.69, 9.17) is 5.11 Å². The molecule has 0 aliphatic heterocycles. The minimum absolute atomic E-state index is 0.238. The second kappa shape index (κ2) is 10.7. The molecule has 2 heterocycles. The van der Waals surface area contributed by atoms with Gasteiger partial charge in [0.1, 0.15) is 5.82 Å². The van der Waals surface area contributed by atoms with Gasteiger partial charge in [-0.2, -0.15) is 0 Å². The molecule has 0 atom stereocenters. The summed E-state index contributed by atoms with van der Waals surface area (Å²) in [5.74, 6) is -0.984. The van der Waals surface area contributed by atoms with Crippen molar-refractivity contribution in [3.63, 3.8) is 0 Å². The lowest BCUT2D eigenvalue weighted by molar-refractivity contribution is -0.132. The molecule has 7 heteroatoms. The lowest BCUT2D eigenvalue weighted by Gasteiger charge is -2.12. The molecule has 0 unspecified atom stereocenters. The highest BCUT2D eigenvalue weighted by molar-refractivity contribution is 7.09. The van der Waals surface area contributed by atoms with E-state index in [1.54, 1.807) is 47.9 Å². The third kappa shape index (κ3) is 6.15. The summed E-state index contributed by atoms with van der Waals surface area (Å²) < 4.78 is 2.03. The van der Waals surface area contributed by atoms with Crippen LogP contribution in [0.25, 0.3) is 6.08 Å². The minimum Gasteiger partial charge on any atom is -0.478 e. The fourth-order valence-corrected chi connectivity index (χ4v) is 4.04. The quantitative estimate of drug-likeness (QED) is 0.405. The highest BCUT2D eigenvalue weighted by Gasteiger charge is 2.14. The molecule has 2 N–H and O–H groups in total. The predicted molar refractivity (Wildman–Crippen MR) is 122 cm³/mol. The Kier molecular flexibility index (Phi) is 7.78. The summed E-state index contributed by atoms with van der Waals surface area (Å²) in [6.07, 6.45) is 7.39. The van der Waals surface area contributed by atoms with Gasteiger partial charge in [-0.1, -0.05) is 31.5 Å². The van der Waals surface area contributed by atoms with Crippen LogP contribution in [-0.4, -0.2) is 31.7 Å². The van der Waals surface area contributed by atoms with Gasteiger partial charge in [-0.05, 0) is 54.5 Å². The normalized spacial score (nSPS) is 11.6. The van der Waals surface area contributed by atoms with Crippen LogP contribution in [-0.2, 0) is 24.2 Å². The minimum atomic E-state index is -0.960. The van der Waals surface area contributed by atoms with Crippen LogP contribution < -0.4 is 0 Å². The average Bonchev–Trinajstić information content (AvgIpc) is 3.40. The van der Waals surface area contributed by atoms with E-state index < -0.39 is 11.9 Å². The summed E-state index contributed by atoms with van der Waals surface area (Å²) >= 11 is 1.62. The largest absolute Gasteiger partial charge is 0.478 e. The Morgan fingerprint density at radius 2 is 1.90 bits per heavy atom. The fraction of sp³-hybridized carbons (Fsp3) is 0.292. The van der Waals surface area contributed by atoms with Crippen LogP contribution in [0.1, 0.15) is 58.5 Å². The van der Waals surface area contributed by atoms with Crippen LogP contribution in [0.4, 0.5) is 0 Å². The summed E-state index contributed by atoms with van der Waals surface area (Å²) in [5.41, 5.74) is 2.27. The van der Waals surface area contributed by atoms with Crippen LogP contribution in [0, 0.1) is 0 Å². The zero-order chi connectivity index (χ0) is 22.2. The van der Waals surface area contributed by atoms with Gasteiger partial charge in [0, 0.05) is 23.4 Å². The van der Waals surface area contributed by atoms with E-state index in [0.29, 0.717) is 25.0 Å². The Hall–Kier alpha value is -3.19. The Balaban J connectivity index is 1.88. The molecule has 0 radical (unpaired) electrons. The van der Waals surface area contributed by atoms with Crippen molar-refractivity contribution < 1.29 is 19.8 Å². The van der Waals surface area contributed by atoms with Crippen molar-refractivity contribution in [2.45, 2.75) is 45.6 Å². The number of aromatic nitrogens is 2. The first kappa shape index (κ1) is 22.5. The van der Waals surface area contributed by atoms with E-state index in [-0.39, 0.29) is 5.56 Å². The van der Waals surface area contributed by atoms with Gasteiger partial charge in [0.25, 0.3) is 0 Å². The molecule has 3 rings (SSSR count). The fourth-order valence-electron chi connectivity index (χ4n) is 3.33. The molecule has 3 aromatic rings. The van der Waals surface area contributed by atoms with Crippen LogP contribution >= 0.6 is 11.3 Å². The van der Waals surface area contributed by atoms with Crippen molar-refractivity contribution in [3.05, 3.63) is 81.1 Å². The molecule has 6 nitrogen and oxygen atoms in total. The van der Waals surface area contributed by atoms with Crippen molar-refractivity contribution in [2.24, 2.45) is 0 Å². The van der Waals surface area contributed by atoms with E-state index in [1.807, 2.05) is 22.1 Å². The van der Waals surface area contributed by atoms with Gasteiger partial charge in [0.05, 0.1) is 17.5 Å². The van der Waals surface area contributed by atoms with Gasteiger partial charge in [-0.3, -0.25) is 0 Å². The maximum atomic E-state index is 11.9. The predicted octanol–water partition coefficient (Wildman–Crippen LogP) is 5.13. The Labute approximate surface area is 185 Å². The number of hydrogen-bond acceptors (Lipinski definition) is 4. The molecule has 0 saturated carbocycles. The van der Waals surface area contributed by atoms with Gasteiger partial charge in [-0.25, -0.2) is 14.6 Å². The number of hydrogen-bond donors (Lipinski definition) is 2. The van der Waals surface area contributed by atoms with Crippen LogP contribution in [0.15, 0.2) is 53.5 Å². The first-order valence-electron chi connectivity index (χ1n) is 10.3. The summed E-state index contributed by atoms with van der Waals surface area (Å²) in [4.78, 5) is 28.7. The molecular weight excluding hydrogens is 412 g/mol. The second-order valence-electron chi connectivity index (χ2n) is 7.35. The Morgan fingerprint density at radius 3 is 2.52 bits per heavy atom. The SMILES string of the molecule is CCCCc1ncc(C=C(CCc2cccs2)C(=O)O)n1Cc1ccc(C(=O)O)cc1. The van der Waals surface area contributed by atoms with E-state index in [9.17, 15) is 14.7 Å². The molecule has 0 aliphatic carbocycles. The Morgan fingerprint density at radius 1 is 1.13 bits per heavy atom. The molecule has 1 aromatic carbocycles. The van der Waals surface area contributed by atoms with Gasteiger partial charge in [0.2, 0.25) is 0 Å². The smallest absolute Gasteiger partial charge is 0.335 e. The second-order valence-corrected chi connectivity index (χ2v) is 8.38. The van der Waals surface area contributed by atoms with Crippen molar-refractivity contribution in [3.8, 4) is 0 Å². The van der Waals surface area contributed by atoms with Gasteiger partial charge < -0.3 is 14.8 Å². The topological polar surface area (TPSA) is 92.4 Å². The van der Waals surface area contributed by atoms with E-state index >= 15 is 0 Å². The summed E-state index contributed by atoms with van der Waals surface area (Å²) in [6.45, 7) is 2.62. The summed E-state index contributed by atoms with van der Waals surface area (Å²) in [6, 6.07) is 10.7. The number of nitrogens with zero attached hydrogens (tertiary/aromatic N) is 2. The summed E-state index contributed by atoms with van der Waals surface area (Å²) in [7, 11) is 0. The zero-order valence-electron chi connectivity index (χ0n) is 17.5. The lowest BCUT2D eigenvalue weighted by atomic mass is 10.1. The molecule has 162 valence electrons. The maximum absolute atomic E-state index is 11.9. The number of rotatable bonds is 11. The van der Waals surface area contributed by atoms with Gasteiger partial charge >= 0.3 is 11.9 Å². The highest BCUT2D eigenvalue weighted by Crippen LogP contribution is 2.20. The average molecular weight is 439 g/mol. The number of benzene rings is 1. The monoisotopic (exact) mass is 438 g/mol. The molecule has 2 aromatic heterocycles. The van der Waals surface area contributed by atoms with Gasteiger partial charge in [0.15, 0.2) is 0 Å². The number of carboxylic acids is 2. The number of carboxylic acid groups (broad SMARTS) is 2. The lowest BCUT2D eigenvalue weighted by Crippen LogP contribution is -2.09. The van der Waals surface area contributed by atoms with Crippen molar-refractivity contribution in [1.82, 2.24) is 9.55 Å². The third-order valence-corrected chi connectivity index (χ3v) is 6.02. The molecule has 0 saturated heterocycles. The van der Waals surface area contributed by atoms with Crippen molar-refractivity contribution >= 4 is 29.4 Å². The number of carbonyl (C=O) groups is 2. The molecule has 0 aliphatic rings. The molecule has 0 amide bonds. The molecular formula is C24H26N2O4S. The zero-order valence-corrected chi connectivity index (χ0v) is 18.3. The van der Waals surface area contributed by atoms with Crippen LogP contribution in [0.3, 0.4) is 0 Å². The number of imidazole rings is 1. The number of aromatic carboxylic acids is 1. The first-order valence-corrected chi connectivity index (χ1v) is 11.2. The summed E-state index contributed by atoms with van der Waals surface area (Å²) in [5, 5.41) is 20.8. The van der Waals surface area contributed by atoms with Crippen LogP contribution in [0.5, 0.6) is 0 Å². The van der Waals surface area contributed by atoms with E-state index in [0.717, 1.165) is 41.2 Å².